The summed E-state index contributed by atoms with van der Waals surface area (Å²) >= 11 is 1.63. The van der Waals surface area contributed by atoms with E-state index in [-0.39, 0.29) is 12.0 Å². The second kappa shape index (κ2) is 7.60. The van der Waals surface area contributed by atoms with Crippen LogP contribution in [0.4, 0.5) is 10.1 Å². The highest BCUT2D eigenvalue weighted by Crippen LogP contribution is 2.34. The molecule has 0 amide bonds. The molecule has 2 N–H and O–H groups in total. The normalized spacial score (nSPS) is 18.3. The summed E-state index contributed by atoms with van der Waals surface area (Å²) in [5.74, 6) is -0.158. The molecule has 2 aromatic rings. The first-order valence-corrected chi connectivity index (χ1v) is 9.48. The van der Waals surface area contributed by atoms with Gasteiger partial charge < -0.3 is 10.6 Å². The maximum atomic E-state index is 13.4. The SMILES string of the molecule is CCCCC(N)N1CCCN(c2csc3cc(F)ccc23)CC1. The molecular weight excluding hydrogens is 309 g/mol. The number of thiophene rings is 1. The topological polar surface area (TPSA) is 32.5 Å². The molecular formula is C18H26FN3S. The van der Waals surface area contributed by atoms with Crippen LogP contribution >= 0.6 is 11.3 Å². The van der Waals surface area contributed by atoms with Gasteiger partial charge >= 0.3 is 0 Å². The molecule has 0 bridgehead atoms. The van der Waals surface area contributed by atoms with Crippen LogP contribution in [0.3, 0.4) is 0 Å². The number of anilines is 1. The van der Waals surface area contributed by atoms with E-state index in [0.29, 0.717) is 0 Å². The van der Waals surface area contributed by atoms with Crippen molar-refractivity contribution in [3.63, 3.8) is 0 Å². The highest BCUT2D eigenvalue weighted by atomic mass is 32.1. The van der Waals surface area contributed by atoms with E-state index in [4.69, 9.17) is 5.73 Å². The van der Waals surface area contributed by atoms with Gasteiger partial charge in [0.1, 0.15) is 5.82 Å². The van der Waals surface area contributed by atoms with Crippen molar-refractivity contribution in [2.45, 2.75) is 38.8 Å². The molecule has 23 heavy (non-hydrogen) atoms. The summed E-state index contributed by atoms with van der Waals surface area (Å²) in [4.78, 5) is 4.85. The number of hydrogen-bond acceptors (Lipinski definition) is 4. The van der Waals surface area contributed by atoms with E-state index in [9.17, 15) is 4.39 Å². The number of halogens is 1. The second-order valence-corrected chi connectivity index (χ2v) is 7.26. The number of benzene rings is 1. The average Bonchev–Trinajstić information content (AvgIpc) is 2.80. The van der Waals surface area contributed by atoms with Gasteiger partial charge in [-0.3, -0.25) is 4.90 Å². The molecule has 0 saturated carbocycles. The Morgan fingerprint density at radius 1 is 1.26 bits per heavy atom. The van der Waals surface area contributed by atoms with Gasteiger partial charge in [0.15, 0.2) is 0 Å². The first-order valence-electron chi connectivity index (χ1n) is 8.60. The number of rotatable bonds is 5. The monoisotopic (exact) mass is 335 g/mol. The third-order valence-corrected chi connectivity index (χ3v) is 5.64. The van der Waals surface area contributed by atoms with Crippen LogP contribution in [0, 0.1) is 5.82 Å². The molecule has 0 spiro atoms. The van der Waals surface area contributed by atoms with Gasteiger partial charge in [0.25, 0.3) is 0 Å². The van der Waals surface area contributed by atoms with E-state index in [2.05, 4.69) is 22.1 Å². The zero-order chi connectivity index (χ0) is 16.2. The van der Waals surface area contributed by atoms with Gasteiger partial charge in [0, 0.05) is 41.6 Å². The summed E-state index contributed by atoms with van der Waals surface area (Å²) in [6, 6.07) is 5.10. The Labute approximate surface area is 141 Å². The maximum absolute atomic E-state index is 13.4. The van der Waals surface area contributed by atoms with Gasteiger partial charge in [0.05, 0.1) is 11.9 Å². The molecule has 1 unspecified atom stereocenters. The van der Waals surface area contributed by atoms with Crippen LogP contribution < -0.4 is 10.6 Å². The molecule has 1 fully saturated rings. The van der Waals surface area contributed by atoms with Crippen molar-refractivity contribution in [2.24, 2.45) is 5.73 Å². The standard InChI is InChI=1S/C18H26FN3S/c1-2-3-5-18(20)22-9-4-8-21(10-11-22)16-13-23-17-12-14(19)6-7-15(16)17/h6-7,12-13,18H,2-5,8-11,20H2,1H3. The second-order valence-electron chi connectivity index (χ2n) is 6.35. The van der Waals surface area contributed by atoms with Crippen molar-refractivity contribution in [1.29, 1.82) is 0 Å². The lowest BCUT2D eigenvalue weighted by Crippen LogP contribution is -2.44. The van der Waals surface area contributed by atoms with Crippen LogP contribution in [-0.2, 0) is 0 Å². The molecule has 126 valence electrons. The summed E-state index contributed by atoms with van der Waals surface area (Å²) in [7, 11) is 0. The highest BCUT2D eigenvalue weighted by molar-refractivity contribution is 7.17. The molecule has 5 heteroatoms. The molecule has 2 heterocycles. The quantitative estimate of drug-likeness (QED) is 0.895. The number of fused-ring (bicyclic) bond motifs is 1. The molecule has 0 aliphatic carbocycles. The molecule has 1 aliphatic rings. The minimum absolute atomic E-state index is 0.158. The van der Waals surface area contributed by atoms with Crippen molar-refractivity contribution >= 4 is 27.1 Å². The number of unbranched alkanes of at least 4 members (excludes halogenated alkanes) is 1. The van der Waals surface area contributed by atoms with Crippen LogP contribution in [0.15, 0.2) is 23.6 Å². The number of hydrogen-bond donors (Lipinski definition) is 1. The zero-order valence-corrected chi connectivity index (χ0v) is 14.6. The van der Waals surface area contributed by atoms with E-state index < -0.39 is 0 Å². The Kier molecular flexibility index (Phi) is 5.51. The summed E-state index contributed by atoms with van der Waals surface area (Å²) < 4.78 is 14.4. The lowest BCUT2D eigenvalue weighted by molar-refractivity contribution is 0.201. The Morgan fingerprint density at radius 3 is 2.96 bits per heavy atom. The van der Waals surface area contributed by atoms with Crippen LogP contribution in [0.2, 0.25) is 0 Å². The zero-order valence-electron chi connectivity index (χ0n) is 13.8. The Balaban J connectivity index is 1.69. The van der Waals surface area contributed by atoms with Crippen molar-refractivity contribution < 1.29 is 4.39 Å². The smallest absolute Gasteiger partial charge is 0.124 e. The summed E-state index contributed by atoms with van der Waals surface area (Å²) in [6.07, 6.45) is 4.78. The van der Waals surface area contributed by atoms with E-state index in [0.717, 1.165) is 43.7 Å². The Morgan fingerprint density at radius 2 is 2.13 bits per heavy atom. The fraction of sp³-hybridized carbons (Fsp3) is 0.556. The van der Waals surface area contributed by atoms with E-state index in [1.807, 2.05) is 6.07 Å². The summed E-state index contributed by atoms with van der Waals surface area (Å²) in [5, 5.41) is 3.33. The molecule has 3 rings (SSSR count). The minimum Gasteiger partial charge on any atom is -0.369 e. The van der Waals surface area contributed by atoms with E-state index >= 15 is 0 Å². The van der Waals surface area contributed by atoms with Gasteiger partial charge in [-0.1, -0.05) is 19.8 Å². The Bertz CT molecular complexity index is 642. The predicted molar refractivity (Wildman–Crippen MR) is 97.7 cm³/mol. The lowest BCUT2D eigenvalue weighted by atomic mass is 10.2. The molecule has 1 aromatic heterocycles. The third-order valence-electron chi connectivity index (χ3n) is 4.71. The van der Waals surface area contributed by atoms with Crippen molar-refractivity contribution in [1.82, 2.24) is 4.90 Å². The highest BCUT2D eigenvalue weighted by Gasteiger charge is 2.21. The number of nitrogens with two attached hydrogens (primary N) is 1. The lowest BCUT2D eigenvalue weighted by Gasteiger charge is -2.27. The predicted octanol–water partition coefficient (Wildman–Crippen LogP) is 4.03. The van der Waals surface area contributed by atoms with Crippen molar-refractivity contribution in [3.05, 3.63) is 29.4 Å². The molecule has 1 aromatic carbocycles. The van der Waals surface area contributed by atoms with Gasteiger partial charge in [-0.05, 0) is 31.0 Å². The first-order chi connectivity index (χ1) is 11.2. The van der Waals surface area contributed by atoms with Crippen molar-refractivity contribution in [2.75, 3.05) is 31.1 Å². The Hall–Kier alpha value is -1.17. The largest absolute Gasteiger partial charge is 0.369 e. The van der Waals surface area contributed by atoms with Crippen LogP contribution in [0.25, 0.3) is 10.1 Å². The van der Waals surface area contributed by atoms with Gasteiger partial charge in [-0.25, -0.2) is 4.39 Å². The molecule has 1 saturated heterocycles. The van der Waals surface area contributed by atoms with Gasteiger partial charge in [-0.2, -0.15) is 0 Å². The number of nitrogens with zero attached hydrogens (tertiary/aromatic N) is 2. The fourth-order valence-electron chi connectivity index (χ4n) is 3.34. The first kappa shape index (κ1) is 16.7. The van der Waals surface area contributed by atoms with Gasteiger partial charge in [0.2, 0.25) is 0 Å². The van der Waals surface area contributed by atoms with E-state index in [1.165, 1.54) is 23.9 Å². The van der Waals surface area contributed by atoms with Crippen LogP contribution in [0.1, 0.15) is 32.6 Å². The average molecular weight is 335 g/mol. The molecule has 1 aliphatic heterocycles. The van der Waals surface area contributed by atoms with Gasteiger partial charge in [-0.15, -0.1) is 11.3 Å². The fourth-order valence-corrected chi connectivity index (χ4v) is 4.33. The maximum Gasteiger partial charge on any atom is 0.124 e. The van der Waals surface area contributed by atoms with Crippen LogP contribution in [-0.4, -0.2) is 37.2 Å². The van der Waals surface area contributed by atoms with Crippen molar-refractivity contribution in [3.8, 4) is 0 Å². The molecule has 1 atom stereocenters. The summed E-state index contributed by atoms with van der Waals surface area (Å²) in [6.45, 7) is 6.31. The van der Waals surface area contributed by atoms with E-state index in [1.54, 1.807) is 23.5 Å². The van der Waals surface area contributed by atoms with Crippen LogP contribution in [0.5, 0.6) is 0 Å². The molecule has 3 nitrogen and oxygen atoms in total. The molecule has 0 radical (unpaired) electrons. The summed E-state index contributed by atoms with van der Waals surface area (Å²) in [5.41, 5.74) is 7.59. The minimum atomic E-state index is -0.158. The third kappa shape index (κ3) is 3.84.